The number of hydrogen-bond acceptors (Lipinski definition) is 3. The molecular weight excluding hydrogens is 212 g/mol. The average Bonchev–Trinajstić information content (AvgIpc) is 2.56. The topological polar surface area (TPSA) is 24.5 Å². The summed E-state index contributed by atoms with van der Waals surface area (Å²) in [7, 11) is 4.15. The predicted octanol–water partition coefficient (Wildman–Crippen LogP) is 2.12. The first-order valence-electron chi connectivity index (χ1n) is 7.22. The first-order valence-corrected chi connectivity index (χ1v) is 7.22. The lowest BCUT2D eigenvalue weighted by molar-refractivity contribution is 0.118. The van der Waals surface area contributed by atoms with Crippen LogP contribution in [0.5, 0.6) is 0 Å². The molecule has 1 rings (SSSR count). The molecule has 0 bridgehead atoms. The van der Waals surface area contributed by atoms with Gasteiger partial charge in [-0.15, -0.1) is 0 Å². The Morgan fingerprint density at radius 2 is 1.76 bits per heavy atom. The van der Waals surface area contributed by atoms with Gasteiger partial charge in [0, 0.05) is 13.1 Å². The van der Waals surface area contributed by atoms with E-state index in [1.807, 2.05) is 0 Å². The minimum atomic E-state index is 0.845. The van der Waals surface area contributed by atoms with Gasteiger partial charge in [0.15, 0.2) is 0 Å². The number of hydrogen-bond donors (Lipinski definition) is 1. The van der Waals surface area contributed by atoms with Gasteiger partial charge in [-0.1, -0.05) is 25.7 Å². The molecule has 0 aromatic carbocycles. The summed E-state index contributed by atoms with van der Waals surface area (Å²) in [5.41, 5.74) is 0. The second-order valence-electron chi connectivity index (χ2n) is 5.48. The van der Waals surface area contributed by atoms with Gasteiger partial charge in [0.2, 0.25) is 0 Å². The van der Waals surface area contributed by atoms with Crippen LogP contribution in [0, 0.1) is 5.92 Å². The number of nitrogens with one attached hydrogen (secondary N) is 1. The molecule has 1 saturated carbocycles. The summed E-state index contributed by atoms with van der Waals surface area (Å²) < 4.78 is 5.55. The van der Waals surface area contributed by atoms with Crippen LogP contribution in [-0.2, 0) is 4.74 Å². The second kappa shape index (κ2) is 9.86. The Balaban J connectivity index is 1.86. The van der Waals surface area contributed by atoms with Crippen molar-refractivity contribution in [2.75, 3.05) is 46.9 Å². The van der Waals surface area contributed by atoms with E-state index >= 15 is 0 Å². The van der Waals surface area contributed by atoms with E-state index in [1.165, 1.54) is 45.1 Å². The molecule has 1 aliphatic carbocycles. The Kier molecular flexibility index (Phi) is 8.67. The lowest BCUT2D eigenvalue weighted by Gasteiger charge is -2.15. The van der Waals surface area contributed by atoms with Crippen molar-refractivity contribution in [3.8, 4) is 0 Å². The summed E-state index contributed by atoms with van der Waals surface area (Å²) in [6, 6.07) is 0. The van der Waals surface area contributed by atoms with Gasteiger partial charge in [-0.2, -0.15) is 0 Å². The molecule has 0 aromatic heterocycles. The average molecular weight is 242 g/mol. The zero-order chi connectivity index (χ0) is 12.3. The Hall–Kier alpha value is -0.120. The zero-order valence-corrected chi connectivity index (χ0v) is 11.7. The van der Waals surface area contributed by atoms with Crippen molar-refractivity contribution in [1.82, 2.24) is 10.2 Å². The van der Waals surface area contributed by atoms with Crippen LogP contribution in [0.4, 0.5) is 0 Å². The molecule has 0 radical (unpaired) electrons. The first kappa shape index (κ1) is 14.9. The molecule has 0 unspecified atom stereocenters. The van der Waals surface area contributed by atoms with E-state index in [4.69, 9.17) is 4.74 Å². The zero-order valence-electron chi connectivity index (χ0n) is 11.7. The molecule has 0 spiro atoms. The molecule has 0 aromatic rings. The van der Waals surface area contributed by atoms with Crippen LogP contribution >= 0.6 is 0 Å². The van der Waals surface area contributed by atoms with Crippen molar-refractivity contribution in [3.63, 3.8) is 0 Å². The van der Waals surface area contributed by atoms with Crippen LogP contribution in [0.1, 0.15) is 38.5 Å². The molecule has 1 aliphatic rings. The molecular formula is C14H30N2O. The highest BCUT2D eigenvalue weighted by Gasteiger charge is 2.11. The number of likely N-dealkylation sites (N-methyl/N-ethyl adjacent to an activating group) is 1. The third-order valence-corrected chi connectivity index (χ3v) is 3.51. The smallest absolute Gasteiger partial charge is 0.0593 e. The maximum atomic E-state index is 5.55. The van der Waals surface area contributed by atoms with Crippen LogP contribution in [0.3, 0.4) is 0 Å². The molecule has 0 heterocycles. The fourth-order valence-electron chi connectivity index (χ4n) is 2.37. The molecule has 3 nitrogen and oxygen atoms in total. The van der Waals surface area contributed by atoms with Crippen molar-refractivity contribution in [3.05, 3.63) is 0 Å². The van der Waals surface area contributed by atoms with Gasteiger partial charge < -0.3 is 15.0 Å². The predicted molar refractivity (Wildman–Crippen MR) is 73.4 cm³/mol. The summed E-state index contributed by atoms with van der Waals surface area (Å²) in [6.07, 6.45) is 8.62. The number of ether oxygens (including phenoxy) is 1. The van der Waals surface area contributed by atoms with Gasteiger partial charge in [0.25, 0.3) is 0 Å². The molecule has 0 amide bonds. The lowest BCUT2D eigenvalue weighted by atomic mass is 10.0. The van der Waals surface area contributed by atoms with Crippen molar-refractivity contribution in [2.45, 2.75) is 38.5 Å². The van der Waals surface area contributed by atoms with Crippen molar-refractivity contribution in [2.24, 2.45) is 5.92 Å². The van der Waals surface area contributed by atoms with E-state index in [0.29, 0.717) is 0 Å². The van der Waals surface area contributed by atoms with Gasteiger partial charge in [0.05, 0.1) is 13.2 Å². The van der Waals surface area contributed by atoms with Crippen LogP contribution in [-0.4, -0.2) is 51.8 Å². The van der Waals surface area contributed by atoms with Gasteiger partial charge in [-0.25, -0.2) is 0 Å². The normalized spacial score (nSPS) is 18.5. The van der Waals surface area contributed by atoms with Gasteiger partial charge in [-0.3, -0.25) is 0 Å². The van der Waals surface area contributed by atoms with E-state index in [0.717, 1.165) is 32.2 Å². The van der Waals surface area contributed by atoms with Crippen LogP contribution in [0.25, 0.3) is 0 Å². The first-order chi connectivity index (χ1) is 8.29. The maximum absolute atomic E-state index is 5.55. The highest BCUT2D eigenvalue weighted by atomic mass is 16.5. The summed E-state index contributed by atoms with van der Waals surface area (Å²) in [4.78, 5) is 2.15. The third-order valence-electron chi connectivity index (χ3n) is 3.51. The molecule has 1 N–H and O–H groups in total. The van der Waals surface area contributed by atoms with Crippen LogP contribution < -0.4 is 5.32 Å². The standard InChI is InChI=1S/C14H30N2O/c1-16(2)10-12-17-11-9-15-13-14-7-5-3-4-6-8-14/h14-15H,3-13H2,1-2H3. The van der Waals surface area contributed by atoms with Gasteiger partial charge >= 0.3 is 0 Å². The quantitative estimate of drug-likeness (QED) is 0.521. The highest BCUT2D eigenvalue weighted by Crippen LogP contribution is 2.21. The highest BCUT2D eigenvalue weighted by molar-refractivity contribution is 4.66. The number of rotatable bonds is 8. The monoisotopic (exact) mass is 242 g/mol. The van der Waals surface area contributed by atoms with Gasteiger partial charge in [-0.05, 0) is 39.4 Å². The second-order valence-corrected chi connectivity index (χ2v) is 5.48. The third kappa shape index (κ3) is 8.58. The van der Waals surface area contributed by atoms with Crippen molar-refractivity contribution < 1.29 is 4.74 Å². The Labute approximate surface area is 107 Å². The van der Waals surface area contributed by atoms with E-state index in [-0.39, 0.29) is 0 Å². The van der Waals surface area contributed by atoms with Gasteiger partial charge in [0.1, 0.15) is 0 Å². The Morgan fingerprint density at radius 1 is 1.06 bits per heavy atom. The minimum Gasteiger partial charge on any atom is -0.379 e. The lowest BCUT2D eigenvalue weighted by Crippen LogP contribution is -2.27. The maximum Gasteiger partial charge on any atom is 0.0593 e. The van der Waals surface area contributed by atoms with Crippen LogP contribution in [0.2, 0.25) is 0 Å². The molecule has 17 heavy (non-hydrogen) atoms. The van der Waals surface area contributed by atoms with Crippen molar-refractivity contribution >= 4 is 0 Å². The van der Waals surface area contributed by atoms with E-state index in [1.54, 1.807) is 0 Å². The van der Waals surface area contributed by atoms with Crippen molar-refractivity contribution in [1.29, 1.82) is 0 Å². The minimum absolute atomic E-state index is 0.845. The fraction of sp³-hybridized carbons (Fsp3) is 1.00. The molecule has 3 heteroatoms. The molecule has 1 fully saturated rings. The summed E-state index contributed by atoms with van der Waals surface area (Å²) in [5.74, 6) is 0.916. The summed E-state index contributed by atoms with van der Waals surface area (Å²) in [6.45, 7) is 4.91. The van der Waals surface area contributed by atoms with E-state index < -0.39 is 0 Å². The Morgan fingerprint density at radius 3 is 2.41 bits per heavy atom. The molecule has 0 aliphatic heterocycles. The molecule has 0 atom stereocenters. The van der Waals surface area contributed by atoms with E-state index in [2.05, 4.69) is 24.3 Å². The molecule has 102 valence electrons. The number of nitrogens with zero attached hydrogens (tertiary/aromatic N) is 1. The SMILES string of the molecule is CN(C)CCOCCNCC1CCCCCC1. The Bertz CT molecular complexity index is 166. The summed E-state index contributed by atoms with van der Waals surface area (Å²) >= 11 is 0. The molecule has 0 saturated heterocycles. The summed E-state index contributed by atoms with van der Waals surface area (Å²) in [5, 5.41) is 3.53. The largest absolute Gasteiger partial charge is 0.379 e. The van der Waals surface area contributed by atoms with Crippen LogP contribution in [0.15, 0.2) is 0 Å². The van der Waals surface area contributed by atoms with E-state index in [9.17, 15) is 0 Å². The fourth-order valence-corrected chi connectivity index (χ4v) is 2.37.